The van der Waals surface area contributed by atoms with Crippen LogP contribution in [0.5, 0.6) is 0 Å². The van der Waals surface area contributed by atoms with E-state index in [2.05, 4.69) is 4.98 Å². The summed E-state index contributed by atoms with van der Waals surface area (Å²) in [5, 5.41) is 10.2. The molecule has 0 saturated carbocycles. The average Bonchev–Trinajstić information content (AvgIpc) is 2.28. The van der Waals surface area contributed by atoms with E-state index in [9.17, 15) is 9.90 Å². The number of aryl methyl sites for hydroxylation is 1. The smallest absolute Gasteiger partial charge is 0.293 e. The maximum atomic E-state index is 12.2. The SMILES string of the molecule is CCCn1ccnc(N2CC(O)(C(C)C)C2)c1=O. The van der Waals surface area contributed by atoms with E-state index < -0.39 is 5.60 Å². The average molecular weight is 251 g/mol. The Labute approximate surface area is 107 Å². The first-order valence-electron chi connectivity index (χ1n) is 6.50. The Morgan fingerprint density at radius 3 is 2.72 bits per heavy atom. The first-order chi connectivity index (χ1) is 8.48. The number of hydrogen-bond acceptors (Lipinski definition) is 4. The maximum absolute atomic E-state index is 12.2. The molecular weight excluding hydrogens is 230 g/mol. The Kier molecular flexibility index (Phi) is 3.43. The molecule has 5 heteroatoms. The number of hydrogen-bond donors (Lipinski definition) is 1. The first-order valence-corrected chi connectivity index (χ1v) is 6.50. The van der Waals surface area contributed by atoms with Crippen LogP contribution in [0, 0.1) is 5.92 Å². The summed E-state index contributed by atoms with van der Waals surface area (Å²) in [7, 11) is 0. The van der Waals surface area contributed by atoms with Crippen molar-refractivity contribution in [2.75, 3.05) is 18.0 Å². The van der Waals surface area contributed by atoms with Crippen molar-refractivity contribution in [1.82, 2.24) is 9.55 Å². The third-order valence-corrected chi connectivity index (χ3v) is 3.66. The number of β-amino-alcohol motifs (C(OH)–C–C–N with tert-alkyl or cyclic N) is 1. The van der Waals surface area contributed by atoms with Gasteiger partial charge in [-0.25, -0.2) is 4.98 Å². The van der Waals surface area contributed by atoms with Crippen molar-refractivity contribution in [3.63, 3.8) is 0 Å². The molecule has 1 N–H and O–H groups in total. The van der Waals surface area contributed by atoms with Gasteiger partial charge in [-0.1, -0.05) is 20.8 Å². The van der Waals surface area contributed by atoms with E-state index >= 15 is 0 Å². The summed E-state index contributed by atoms with van der Waals surface area (Å²) in [5.74, 6) is 0.645. The summed E-state index contributed by atoms with van der Waals surface area (Å²) in [6, 6.07) is 0. The van der Waals surface area contributed by atoms with Gasteiger partial charge in [0.25, 0.3) is 5.56 Å². The highest BCUT2D eigenvalue weighted by Gasteiger charge is 2.45. The van der Waals surface area contributed by atoms with Crippen molar-refractivity contribution >= 4 is 5.82 Å². The van der Waals surface area contributed by atoms with Crippen LogP contribution in [0.2, 0.25) is 0 Å². The van der Waals surface area contributed by atoms with Gasteiger partial charge in [0.05, 0.1) is 13.1 Å². The summed E-state index contributed by atoms with van der Waals surface area (Å²) in [6.07, 6.45) is 4.28. The van der Waals surface area contributed by atoms with Gasteiger partial charge in [0, 0.05) is 18.9 Å². The third-order valence-electron chi connectivity index (χ3n) is 3.66. The normalized spacial score (nSPS) is 17.9. The summed E-state index contributed by atoms with van der Waals surface area (Å²) in [5.41, 5.74) is -0.746. The molecule has 2 heterocycles. The minimum absolute atomic E-state index is 0.0647. The van der Waals surface area contributed by atoms with Gasteiger partial charge in [0.15, 0.2) is 5.82 Å². The van der Waals surface area contributed by atoms with E-state index in [4.69, 9.17) is 0 Å². The van der Waals surface area contributed by atoms with Gasteiger partial charge in [0.2, 0.25) is 0 Å². The molecule has 0 bridgehead atoms. The molecule has 0 atom stereocenters. The molecule has 2 rings (SSSR count). The number of anilines is 1. The molecule has 1 aromatic rings. The Morgan fingerprint density at radius 2 is 2.17 bits per heavy atom. The molecule has 0 aliphatic carbocycles. The molecule has 1 aliphatic rings. The van der Waals surface area contributed by atoms with Gasteiger partial charge < -0.3 is 14.6 Å². The first kappa shape index (κ1) is 13.1. The third kappa shape index (κ3) is 2.14. The zero-order valence-electron chi connectivity index (χ0n) is 11.3. The Morgan fingerprint density at radius 1 is 1.50 bits per heavy atom. The van der Waals surface area contributed by atoms with Crippen molar-refractivity contribution in [1.29, 1.82) is 0 Å². The molecule has 0 amide bonds. The second-order valence-corrected chi connectivity index (χ2v) is 5.36. The van der Waals surface area contributed by atoms with Gasteiger partial charge in [-0.15, -0.1) is 0 Å². The fraction of sp³-hybridized carbons (Fsp3) is 0.692. The molecule has 0 aromatic carbocycles. The highest BCUT2D eigenvalue weighted by molar-refractivity contribution is 5.42. The lowest BCUT2D eigenvalue weighted by Gasteiger charge is -2.49. The van der Waals surface area contributed by atoms with E-state index in [0.29, 0.717) is 25.5 Å². The number of aliphatic hydroxyl groups is 1. The van der Waals surface area contributed by atoms with E-state index in [1.165, 1.54) is 0 Å². The summed E-state index contributed by atoms with van der Waals surface area (Å²) in [6.45, 7) is 7.70. The van der Waals surface area contributed by atoms with Crippen LogP contribution in [-0.2, 0) is 6.54 Å². The predicted octanol–water partition coefficient (Wildman–Crippen LogP) is 0.860. The van der Waals surface area contributed by atoms with E-state index in [1.54, 1.807) is 17.0 Å². The van der Waals surface area contributed by atoms with Crippen molar-refractivity contribution < 1.29 is 5.11 Å². The number of rotatable bonds is 4. The molecule has 0 spiro atoms. The van der Waals surface area contributed by atoms with E-state index in [1.807, 2.05) is 25.7 Å². The van der Waals surface area contributed by atoms with Gasteiger partial charge in [0.1, 0.15) is 5.60 Å². The summed E-state index contributed by atoms with van der Waals surface area (Å²) < 4.78 is 1.68. The lowest BCUT2D eigenvalue weighted by atomic mass is 9.83. The minimum Gasteiger partial charge on any atom is -0.386 e. The molecular formula is C13H21N3O2. The molecule has 1 fully saturated rings. The predicted molar refractivity (Wildman–Crippen MR) is 70.8 cm³/mol. The van der Waals surface area contributed by atoms with Crippen LogP contribution in [0.15, 0.2) is 17.2 Å². The Balaban J connectivity index is 2.17. The van der Waals surface area contributed by atoms with Crippen LogP contribution < -0.4 is 10.5 Å². The van der Waals surface area contributed by atoms with Crippen LogP contribution in [0.1, 0.15) is 27.2 Å². The van der Waals surface area contributed by atoms with Crippen LogP contribution in [0.25, 0.3) is 0 Å². The van der Waals surface area contributed by atoms with Crippen LogP contribution in [0.4, 0.5) is 5.82 Å². The van der Waals surface area contributed by atoms with Crippen LogP contribution in [-0.4, -0.2) is 33.3 Å². The van der Waals surface area contributed by atoms with Crippen molar-refractivity contribution in [3.8, 4) is 0 Å². The van der Waals surface area contributed by atoms with E-state index in [-0.39, 0.29) is 11.5 Å². The summed E-state index contributed by atoms with van der Waals surface area (Å²) >= 11 is 0. The van der Waals surface area contributed by atoms with Gasteiger partial charge in [-0.3, -0.25) is 4.79 Å². The van der Waals surface area contributed by atoms with Crippen molar-refractivity contribution in [2.24, 2.45) is 5.92 Å². The largest absolute Gasteiger partial charge is 0.386 e. The Bertz CT molecular complexity index is 475. The number of aromatic nitrogens is 2. The van der Waals surface area contributed by atoms with Gasteiger partial charge >= 0.3 is 0 Å². The quantitative estimate of drug-likeness (QED) is 0.862. The Hall–Kier alpha value is -1.36. The fourth-order valence-corrected chi connectivity index (χ4v) is 2.20. The second kappa shape index (κ2) is 4.72. The second-order valence-electron chi connectivity index (χ2n) is 5.36. The fourth-order valence-electron chi connectivity index (χ4n) is 2.20. The molecule has 1 aromatic heterocycles. The monoisotopic (exact) mass is 251 g/mol. The van der Waals surface area contributed by atoms with Crippen molar-refractivity contribution in [2.45, 2.75) is 39.3 Å². The lowest BCUT2D eigenvalue weighted by molar-refractivity contribution is -0.0306. The molecule has 0 radical (unpaired) electrons. The molecule has 1 aliphatic heterocycles. The molecule has 100 valence electrons. The lowest BCUT2D eigenvalue weighted by Crippen LogP contribution is -2.66. The van der Waals surface area contributed by atoms with Gasteiger partial charge in [-0.2, -0.15) is 0 Å². The molecule has 5 nitrogen and oxygen atoms in total. The maximum Gasteiger partial charge on any atom is 0.293 e. The van der Waals surface area contributed by atoms with Crippen LogP contribution >= 0.6 is 0 Å². The van der Waals surface area contributed by atoms with Crippen LogP contribution in [0.3, 0.4) is 0 Å². The minimum atomic E-state index is -0.681. The highest BCUT2D eigenvalue weighted by atomic mass is 16.3. The summed E-state index contributed by atoms with van der Waals surface area (Å²) in [4.78, 5) is 18.2. The molecule has 1 saturated heterocycles. The van der Waals surface area contributed by atoms with Gasteiger partial charge in [-0.05, 0) is 12.3 Å². The topological polar surface area (TPSA) is 58.4 Å². The molecule has 0 unspecified atom stereocenters. The highest BCUT2D eigenvalue weighted by Crippen LogP contribution is 2.30. The van der Waals surface area contributed by atoms with Crippen molar-refractivity contribution in [3.05, 3.63) is 22.7 Å². The number of nitrogens with zero attached hydrogens (tertiary/aromatic N) is 3. The van der Waals surface area contributed by atoms with E-state index in [0.717, 1.165) is 6.42 Å². The standard InChI is InChI=1S/C13H21N3O2/c1-4-6-15-7-5-14-11(12(15)17)16-8-13(18,9-16)10(2)3/h5,7,10,18H,4,6,8-9H2,1-3H3. The zero-order valence-corrected chi connectivity index (χ0v) is 11.3. The zero-order chi connectivity index (χ0) is 13.3. The molecule has 18 heavy (non-hydrogen) atoms.